The van der Waals surface area contributed by atoms with Crippen LogP contribution in [0.4, 0.5) is 0 Å². The van der Waals surface area contributed by atoms with Gasteiger partial charge >= 0.3 is 0 Å². The van der Waals surface area contributed by atoms with E-state index in [0.29, 0.717) is 0 Å². The largest absolute Gasteiger partial charge is 0.384 e. The maximum Gasteiger partial charge on any atom is 0.125 e. The van der Waals surface area contributed by atoms with E-state index in [-0.39, 0.29) is 6.04 Å². The molecule has 1 aliphatic heterocycles. The van der Waals surface area contributed by atoms with Gasteiger partial charge in [0.05, 0.1) is 6.04 Å². The Morgan fingerprint density at radius 2 is 2.29 bits per heavy atom. The van der Waals surface area contributed by atoms with Crippen molar-refractivity contribution in [3.8, 4) is 0 Å². The molecule has 3 nitrogen and oxygen atoms in total. The lowest BCUT2D eigenvalue weighted by Crippen LogP contribution is -2.33. The molecule has 2 N–H and O–H groups in total. The molecule has 0 radical (unpaired) electrons. The average molecular weight is 246 g/mol. The van der Waals surface area contributed by atoms with Crippen LogP contribution in [0, 0.1) is 0 Å². The van der Waals surface area contributed by atoms with E-state index in [0.717, 1.165) is 18.0 Å². The van der Waals surface area contributed by atoms with Crippen LogP contribution in [0.15, 0.2) is 35.8 Å². The van der Waals surface area contributed by atoms with Gasteiger partial charge in [-0.1, -0.05) is 24.3 Å². The summed E-state index contributed by atoms with van der Waals surface area (Å²) in [5.74, 6) is 0. The third-order valence-corrected chi connectivity index (χ3v) is 4.02. The summed E-state index contributed by atoms with van der Waals surface area (Å²) in [7, 11) is 0. The molecular formula is C13H14N2OS. The minimum absolute atomic E-state index is 0.0360. The molecule has 88 valence electrons. The van der Waals surface area contributed by atoms with Gasteiger partial charge < -0.3 is 10.4 Å². The summed E-state index contributed by atoms with van der Waals surface area (Å²) in [4.78, 5) is 4.19. The Kier molecular flexibility index (Phi) is 2.93. The normalized spacial score (nSPS) is 20.9. The quantitative estimate of drug-likeness (QED) is 0.852. The van der Waals surface area contributed by atoms with Crippen LogP contribution in [-0.4, -0.2) is 16.6 Å². The lowest BCUT2D eigenvalue weighted by atomic mass is 9.91. The zero-order valence-corrected chi connectivity index (χ0v) is 10.2. The first kappa shape index (κ1) is 10.9. The van der Waals surface area contributed by atoms with E-state index >= 15 is 0 Å². The fourth-order valence-electron chi connectivity index (χ4n) is 2.34. The first-order valence-corrected chi connectivity index (χ1v) is 6.63. The van der Waals surface area contributed by atoms with Gasteiger partial charge in [-0.25, -0.2) is 4.98 Å². The van der Waals surface area contributed by atoms with Crippen LogP contribution >= 0.6 is 11.3 Å². The van der Waals surface area contributed by atoms with Crippen molar-refractivity contribution >= 4 is 11.3 Å². The molecule has 1 aliphatic rings. The molecule has 2 atom stereocenters. The SMILES string of the molecule is OC(c1nccs1)C1NCCc2ccccc21. The zero-order valence-electron chi connectivity index (χ0n) is 9.34. The van der Waals surface area contributed by atoms with Gasteiger partial charge in [-0.2, -0.15) is 0 Å². The minimum atomic E-state index is -0.559. The molecule has 0 aliphatic carbocycles. The smallest absolute Gasteiger partial charge is 0.125 e. The molecule has 0 saturated heterocycles. The number of nitrogens with one attached hydrogen (secondary N) is 1. The molecule has 0 spiro atoms. The topological polar surface area (TPSA) is 45.2 Å². The van der Waals surface area contributed by atoms with Gasteiger partial charge in [0.15, 0.2) is 0 Å². The lowest BCUT2D eigenvalue weighted by molar-refractivity contribution is 0.125. The summed E-state index contributed by atoms with van der Waals surface area (Å²) >= 11 is 1.50. The second kappa shape index (κ2) is 4.56. The van der Waals surface area contributed by atoms with Crippen LogP contribution in [0.25, 0.3) is 0 Å². The summed E-state index contributed by atoms with van der Waals surface area (Å²) < 4.78 is 0. The average Bonchev–Trinajstić information content (AvgIpc) is 2.91. The Labute approximate surface area is 104 Å². The molecule has 2 unspecified atom stereocenters. The Morgan fingerprint density at radius 1 is 1.41 bits per heavy atom. The van der Waals surface area contributed by atoms with Gasteiger partial charge in [0, 0.05) is 11.6 Å². The van der Waals surface area contributed by atoms with E-state index in [1.807, 2.05) is 11.4 Å². The van der Waals surface area contributed by atoms with Crippen LogP contribution in [-0.2, 0) is 6.42 Å². The molecule has 4 heteroatoms. The summed E-state index contributed by atoms with van der Waals surface area (Å²) in [5, 5.41) is 16.4. The van der Waals surface area contributed by atoms with Gasteiger partial charge in [0.2, 0.25) is 0 Å². The molecule has 1 aromatic carbocycles. The van der Waals surface area contributed by atoms with Gasteiger partial charge in [-0.15, -0.1) is 11.3 Å². The summed E-state index contributed by atoms with van der Waals surface area (Å²) in [6.07, 6.45) is 2.20. The predicted molar refractivity (Wildman–Crippen MR) is 68.0 cm³/mol. The maximum atomic E-state index is 10.4. The lowest BCUT2D eigenvalue weighted by Gasteiger charge is -2.29. The van der Waals surface area contributed by atoms with Crippen LogP contribution in [0.1, 0.15) is 28.3 Å². The minimum Gasteiger partial charge on any atom is -0.384 e. The first-order chi connectivity index (χ1) is 8.36. The zero-order chi connectivity index (χ0) is 11.7. The molecule has 0 saturated carbocycles. The summed E-state index contributed by atoms with van der Waals surface area (Å²) in [5.41, 5.74) is 2.52. The van der Waals surface area contributed by atoms with E-state index in [2.05, 4.69) is 28.5 Å². The highest BCUT2D eigenvalue weighted by molar-refractivity contribution is 7.09. The van der Waals surface area contributed by atoms with Gasteiger partial charge in [-0.3, -0.25) is 0 Å². The number of fused-ring (bicyclic) bond motifs is 1. The number of rotatable bonds is 2. The second-order valence-corrected chi connectivity index (χ2v) is 5.12. The number of benzene rings is 1. The van der Waals surface area contributed by atoms with Crippen molar-refractivity contribution < 1.29 is 5.11 Å². The number of aliphatic hydroxyl groups excluding tert-OH is 1. The monoisotopic (exact) mass is 246 g/mol. The highest BCUT2D eigenvalue weighted by atomic mass is 32.1. The summed E-state index contributed by atoms with van der Waals surface area (Å²) in [6.45, 7) is 0.907. The molecule has 3 rings (SSSR count). The van der Waals surface area contributed by atoms with Crippen LogP contribution < -0.4 is 5.32 Å². The third-order valence-electron chi connectivity index (χ3n) is 3.17. The standard InChI is InChI=1S/C13H14N2OS/c16-12(13-15-7-8-17-13)11-10-4-2-1-3-9(10)5-6-14-11/h1-4,7-8,11-12,14,16H,5-6H2. The maximum absolute atomic E-state index is 10.4. The van der Waals surface area contributed by atoms with Crippen molar-refractivity contribution in [3.05, 3.63) is 52.0 Å². The Hall–Kier alpha value is -1.23. The summed E-state index contributed by atoms with van der Waals surface area (Å²) in [6, 6.07) is 8.26. The highest BCUT2D eigenvalue weighted by Crippen LogP contribution is 2.33. The van der Waals surface area contributed by atoms with Crippen molar-refractivity contribution in [2.75, 3.05) is 6.54 Å². The second-order valence-electron chi connectivity index (χ2n) is 4.20. The van der Waals surface area contributed by atoms with Crippen molar-refractivity contribution in [1.82, 2.24) is 10.3 Å². The van der Waals surface area contributed by atoms with Crippen molar-refractivity contribution in [2.24, 2.45) is 0 Å². The van der Waals surface area contributed by atoms with Gasteiger partial charge in [0.1, 0.15) is 11.1 Å². The van der Waals surface area contributed by atoms with Gasteiger partial charge in [-0.05, 0) is 24.1 Å². The van der Waals surface area contributed by atoms with E-state index in [1.165, 1.54) is 22.5 Å². The molecule has 2 aromatic rings. The predicted octanol–water partition coefficient (Wildman–Crippen LogP) is 2.06. The first-order valence-electron chi connectivity index (χ1n) is 5.75. The van der Waals surface area contributed by atoms with E-state index in [1.54, 1.807) is 6.20 Å². The van der Waals surface area contributed by atoms with Crippen molar-refractivity contribution in [2.45, 2.75) is 18.6 Å². The van der Waals surface area contributed by atoms with Crippen molar-refractivity contribution in [1.29, 1.82) is 0 Å². The fourth-order valence-corrected chi connectivity index (χ4v) is 3.00. The number of hydrogen-bond acceptors (Lipinski definition) is 4. The number of thiazole rings is 1. The van der Waals surface area contributed by atoms with Gasteiger partial charge in [0.25, 0.3) is 0 Å². The molecule has 2 heterocycles. The molecular weight excluding hydrogens is 232 g/mol. The van der Waals surface area contributed by atoms with Crippen LogP contribution in [0.3, 0.4) is 0 Å². The number of nitrogens with zero attached hydrogens (tertiary/aromatic N) is 1. The van der Waals surface area contributed by atoms with Crippen LogP contribution in [0.5, 0.6) is 0 Å². The molecule has 0 fully saturated rings. The Bertz CT molecular complexity index is 498. The molecule has 17 heavy (non-hydrogen) atoms. The number of aromatic nitrogens is 1. The van der Waals surface area contributed by atoms with E-state index in [9.17, 15) is 5.11 Å². The Morgan fingerprint density at radius 3 is 3.12 bits per heavy atom. The Balaban J connectivity index is 1.95. The van der Waals surface area contributed by atoms with Crippen LogP contribution in [0.2, 0.25) is 0 Å². The molecule has 1 aromatic heterocycles. The molecule has 0 amide bonds. The highest BCUT2D eigenvalue weighted by Gasteiger charge is 2.28. The van der Waals surface area contributed by atoms with Crippen molar-refractivity contribution in [3.63, 3.8) is 0 Å². The fraction of sp³-hybridized carbons (Fsp3) is 0.308. The van der Waals surface area contributed by atoms with E-state index < -0.39 is 6.10 Å². The molecule has 0 bridgehead atoms. The number of aliphatic hydroxyl groups is 1. The number of hydrogen-bond donors (Lipinski definition) is 2. The van der Waals surface area contributed by atoms with E-state index in [4.69, 9.17) is 0 Å². The third kappa shape index (κ3) is 1.99.